The summed E-state index contributed by atoms with van der Waals surface area (Å²) in [6.07, 6.45) is 7.72. The molecule has 4 fully saturated rings. The van der Waals surface area contributed by atoms with Crippen LogP contribution in [0.25, 0.3) is 32.9 Å². The molecule has 0 radical (unpaired) electrons. The van der Waals surface area contributed by atoms with E-state index in [1.165, 1.54) is 6.07 Å². The fourth-order valence-corrected chi connectivity index (χ4v) is 8.52. The summed E-state index contributed by atoms with van der Waals surface area (Å²) in [6.45, 7) is 2.83. The number of aromatic nitrogens is 3. The van der Waals surface area contributed by atoms with Crippen molar-refractivity contribution >= 4 is 27.5 Å². The average Bonchev–Trinajstić information content (AvgIpc) is 3.44. The van der Waals surface area contributed by atoms with Crippen LogP contribution in [0.1, 0.15) is 38.2 Å². The molecule has 46 heavy (non-hydrogen) atoms. The molecule has 12 heteroatoms. The van der Waals surface area contributed by atoms with Gasteiger partial charge in [-0.25, -0.2) is 18.2 Å². The van der Waals surface area contributed by atoms with Crippen LogP contribution in [-0.4, -0.2) is 86.9 Å². The predicted octanol–water partition coefficient (Wildman–Crippen LogP) is 4.62. The van der Waals surface area contributed by atoms with Gasteiger partial charge in [-0.2, -0.15) is 9.97 Å². The minimum Gasteiger partial charge on any atom is -0.508 e. The van der Waals surface area contributed by atoms with Crippen molar-refractivity contribution < 1.29 is 27.8 Å². The molecule has 0 unspecified atom stereocenters. The normalized spacial score (nSPS) is 29.1. The SMILES string of the molecule is C#Cc1cccc2cc(O)cc(-c3nc4c5c(nc(OC[C@@]67CCN6CC(F)(F)C7)nc5c3F)N3C[C@H]5CC[C@H](N5)[C@H]3[C@H](C)O4)c12. The highest BCUT2D eigenvalue weighted by molar-refractivity contribution is 6.04. The first-order valence-electron chi connectivity index (χ1n) is 15.7. The highest BCUT2D eigenvalue weighted by Gasteiger charge is 2.60. The number of alkyl halides is 2. The molecule has 2 bridgehead atoms. The molecule has 4 aromatic rings. The van der Waals surface area contributed by atoms with Gasteiger partial charge in [0.2, 0.25) is 5.88 Å². The van der Waals surface area contributed by atoms with Crippen molar-refractivity contribution in [2.24, 2.45) is 0 Å². The van der Waals surface area contributed by atoms with Crippen molar-refractivity contribution in [2.75, 3.05) is 31.1 Å². The second-order valence-electron chi connectivity index (χ2n) is 13.4. The lowest BCUT2D eigenvalue weighted by Gasteiger charge is -2.46. The van der Waals surface area contributed by atoms with Crippen LogP contribution in [0.15, 0.2) is 30.3 Å². The second kappa shape index (κ2) is 9.59. The van der Waals surface area contributed by atoms with Gasteiger partial charge in [0.1, 0.15) is 40.9 Å². The van der Waals surface area contributed by atoms with Crippen LogP contribution in [0.3, 0.4) is 0 Å². The van der Waals surface area contributed by atoms with Crippen LogP contribution in [0.4, 0.5) is 19.0 Å². The Balaban J connectivity index is 1.25. The number of anilines is 1. The minimum atomic E-state index is -2.79. The number of fused-ring (bicyclic) bond motifs is 7. The molecule has 0 saturated carbocycles. The van der Waals surface area contributed by atoms with Crippen LogP contribution < -0.4 is 19.7 Å². The number of terminal acetylenes is 1. The van der Waals surface area contributed by atoms with Crippen molar-refractivity contribution in [1.82, 2.24) is 25.2 Å². The molecule has 5 aliphatic rings. The zero-order chi connectivity index (χ0) is 31.5. The topological polar surface area (TPSA) is 95.9 Å². The van der Waals surface area contributed by atoms with E-state index in [0.29, 0.717) is 47.1 Å². The molecule has 236 valence electrons. The lowest BCUT2D eigenvalue weighted by atomic mass is 9.85. The van der Waals surface area contributed by atoms with E-state index in [4.69, 9.17) is 25.9 Å². The predicted molar refractivity (Wildman–Crippen MR) is 165 cm³/mol. The van der Waals surface area contributed by atoms with E-state index in [1.54, 1.807) is 29.2 Å². The lowest BCUT2D eigenvalue weighted by molar-refractivity contribution is -0.0132. The maximum absolute atomic E-state index is 17.0. The van der Waals surface area contributed by atoms with Crippen LogP contribution in [0.2, 0.25) is 0 Å². The summed E-state index contributed by atoms with van der Waals surface area (Å²) in [5.74, 6) is -0.352. The van der Waals surface area contributed by atoms with E-state index < -0.39 is 17.3 Å². The Morgan fingerprint density at radius 1 is 1.20 bits per heavy atom. The number of nitrogens with zero attached hydrogens (tertiary/aromatic N) is 5. The van der Waals surface area contributed by atoms with Gasteiger partial charge in [0.25, 0.3) is 5.92 Å². The number of pyridine rings is 1. The number of aromatic hydroxyl groups is 1. The van der Waals surface area contributed by atoms with Crippen LogP contribution >= 0.6 is 0 Å². The quantitative estimate of drug-likeness (QED) is 0.314. The van der Waals surface area contributed by atoms with Crippen molar-refractivity contribution in [2.45, 2.75) is 68.3 Å². The Kier molecular flexibility index (Phi) is 5.82. The van der Waals surface area contributed by atoms with Crippen molar-refractivity contribution in [1.29, 1.82) is 0 Å². The fourth-order valence-electron chi connectivity index (χ4n) is 8.52. The summed E-state index contributed by atoms with van der Waals surface area (Å²) in [5, 5.41) is 15.8. The molecule has 2 N–H and O–H groups in total. The number of phenolic OH excluding ortho intramolecular Hbond substituents is 1. The molecular formula is C34H31F3N6O3. The summed E-state index contributed by atoms with van der Waals surface area (Å²) in [7, 11) is 0. The minimum absolute atomic E-state index is 0.0359. The van der Waals surface area contributed by atoms with Crippen molar-refractivity contribution in [3.63, 3.8) is 0 Å². The maximum atomic E-state index is 17.0. The van der Waals surface area contributed by atoms with E-state index in [9.17, 15) is 13.9 Å². The Bertz CT molecular complexity index is 2000. The summed E-state index contributed by atoms with van der Waals surface area (Å²) in [6, 6.07) is 8.43. The standard InChI is InChI=1S/C34H31F3N6O3/c1-3-18-5-4-6-19-11-21(44)12-22(24(18)19)27-26(35)28-25-30(41-32(40-28)45-16-33-9-10-42(33)15-34(36,37)14-33)43-13-20-7-8-23(38-20)29(43)17(2)46-31(25)39-27/h1,4-6,11-12,17,20,23,29,38,44H,7-10,13-16H2,2H3/t17-,20+,23-,29+,33-/m0/s1. The van der Waals surface area contributed by atoms with Crippen LogP contribution in [0, 0.1) is 18.2 Å². The Morgan fingerprint density at radius 2 is 2.07 bits per heavy atom. The summed E-state index contributed by atoms with van der Waals surface area (Å²) in [4.78, 5) is 18.0. The Morgan fingerprint density at radius 3 is 2.85 bits per heavy atom. The third-order valence-electron chi connectivity index (χ3n) is 10.6. The number of hydrogen-bond acceptors (Lipinski definition) is 9. The first-order valence-corrected chi connectivity index (χ1v) is 15.7. The van der Waals surface area contributed by atoms with Gasteiger partial charge in [-0.3, -0.25) is 4.90 Å². The molecule has 0 amide bonds. The maximum Gasteiger partial charge on any atom is 0.319 e. The van der Waals surface area contributed by atoms with Gasteiger partial charge in [0.05, 0.1) is 18.1 Å². The van der Waals surface area contributed by atoms with Crippen LogP contribution in [-0.2, 0) is 0 Å². The van der Waals surface area contributed by atoms with E-state index in [1.807, 2.05) is 6.92 Å². The molecule has 5 atom stereocenters. The molecule has 7 heterocycles. The number of benzene rings is 2. The van der Waals surface area contributed by atoms with E-state index >= 15 is 4.39 Å². The first-order chi connectivity index (χ1) is 22.1. The van der Waals surface area contributed by atoms with E-state index in [2.05, 4.69) is 21.1 Å². The van der Waals surface area contributed by atoms with Gasteiger partial charge in [-0.15, -0.1) is 6.42 Å². The van der Waals surface area contributed by atoms with Gasteiger partial charge in [-0.05, 0) is 49.8 Å². The second-order valence-corrected chi connectivity index (χ2v) is 13.4. The first kappa shape index (κ1) is 27.9. The average molecular weight is 629 g/mol. The zero-order valence-electron chi connectivity index (χ0n) is 25.1. The highest BCUT2D eigenvalue weighted by atomic mass is 19.3. The monoisotopic (exact) mass is 628 g/mol. The molecule has 9 rings (SSSR count). The molecule has 0 spiro atoms. The number of rotatable bonds is 4. The number of halogens is 3. The molecule has 4 saturated heterocycles. The van der Waals surface area contributed by atoms with Gasteiger partial charge in [0, 0.05) is 48.1 Å². The number of phenols is 1. The summed E-state index contributed by atoms with van der Waals surface area (Å²) in [5.41, 5.74) is -0.152. The zero-order valence-corrected chi connectivity index (χ0v) is 25.1. The molecule has 5 aliphatic heterocycles. The van der Waals surface area contributed by atoms with Crippen molar-refractivity contribution in [3.05, 3.63) is 41.7 Å². The fraction of sp³-hybridized carbons (Fsp3) is 0.441. The molecular weight excluding hydrogens is 597 g/mol. The lowest BCUT2D eigenvalue weighted by Crippen LogP contribution is -2.62. The number of piperazine rings is 1. The van der Waals surface area contributed by atoms with E-state index in [-0.39, 0.29) is 78.2 Å². The highest BCUT2D eigenvalue weighted by Crippen LogP contribution is 2.49. The van der Waals surface area contributed by atoms with E-state index in [0.717, 1.165) is 12.8 Å². The third-order valence-corrected chi connectivity index (χ3v) is 10.6. The molecule has 9 nitrogen and oxygen atoms in total. The third kappa shape index (κ3) is 4.00. The summed E-state index contributed by atoms with van der Waals surface area (Å²) < 4.78 is 58.5. The molecule has 0 aliphatic carbocycles. The summed E-state index contributed by atoms with van der Waals surface area (Å²) >= 11 is 0. The van der Waals surface area contributed by atoms with Crippen molar-refractivity contribution in [3.8, 4) is 41.2 Å². The van der Waals surface area contributed by atoms with Gasteiger partial charge in [-0.1, -0.05) is 18.1 Å². The Labute approximate surface area is 262 Å². The number of nitrogens with one attached hydrogen (secondary N) is 1. The van der Waals surface area contributed by atoms with Gasteiger partial charge in [0.15, 0.2) is 5.82 Å². The Hall–Kier alpha value is -4.34. The van der Waals surface area contributed by atoms with Gasteiger partial charge < -0.3 is 24.8 Å². The largest absolute Gasteiger partial charge is 0.508 e. The number of hydrogen-bond donors (Lipinski definition) is 2. The molecule has 2 aromatic carbocycles. The number of ether oxygens (including phenoxy) is 2. The van der Waals surface area contributed by atoms with Gasteiger partial charge >= 0.3 is 6.01 Å². The smallest absolute Gasteiger partial charge is 0.319 e. The van der Waals surface area contributed by atoms with Crippen LogP contribution in [0.5, 0.6) is 17.6 Å². The molecule has 2 aromatic heterocycles.